The number of amides is 4. The van der Waals surface area contributed by atoms with Crippen molar-refractivity contribution < 1.29 is 90.8 Å². The zero-order valence-corrected chi connectivity index (χ0v) is 62.2. The van der Waals surface area contributed by atoms with E-state index in [1.807, 2.05) is 32.9 Å². The van der Waals surface area contributed by atoms with E-state index in [0.717, 1.165) is 106 Å². The molecule has 588 valence electrons. The van der Waals surface area contributed by atoms with Gasteiger partial charge in [-0.1, -0.05) is 75.7 Å². The SMILES string of the molecule is CCCCC(=O)c1cc(OC(F)(F)F)ccc1CC1CCC(NC(=S)Nc2cccc(OC(F)(F)F)c2)CC1.CCCNC(=O)c1cc(CC2CCC(NC(=O)Nc3cccc(OC(F)(F)F)c3)C2)ccc1OC(F)(F)F.CCCNC(=O)c1cc(CC2CCC(NC(=S)Nc3cccc(C)c3)CC2)ccc1C. The van der Waals surface area contributed by atoms with E-state index in [0.29, 0.717) is 79.0 Å². The molecule has 2 unspecified atom stereocenters. The van der Waals surface area contributed by atoms with Gasteiger partial charge in [0.25, 0.3) is 11.8 Å². The van der Waals surface area contributed by atoms with Crippen molar-refractivity contribution in [3.8, 4) is 23.0 Å². The van der Waals surface area contributed by atoms with E-state index in [-0.39, 0.29) is 69.7 Å². The van der Waals surface area contributed by atoms with Crippen LogP contribution in [-0.4, -0.2) is 90.5 Å². The Balaban J connectivity index is 0.000000227. The van der Waals surface area contributed by atoms with E-state index in [2.05, 4.69) is 106 Å². The van der Waals surface area contributed by atoms with E-state index in [1.54, 1.807) is 12.1 Å². The highest BCUT2D eigenvalue weighted by Crippen LogP contribution is 2.36. The fraction of sp³-hybridized carbons (Fsp3) is 0.462. The number of hydrogen-bond donors (Lipinski definition) is 8. The minimum Gasteiger partial charge on any atom is -0.406 e. The van der Waals surface area contributed by atoms with Gasteiger partial charge in [0.1, 0.15) is 23.0 Å². The summed E-state index contributed by atoms with van der Waals surface area (Å²) in [7, 11) is 0. The summed E-state index contributed by atoms with van der Waals surface area (Å²) >= 11 is 10.8. The molecular formula is C78H92F12N8O8S2. The Bertz CT molecular complexity index is 3960. The van der Waals surface area contributed by atoms with Gasteiger partial charge in [-0.15, -0.1) is 52.7 Å². The lowest BCUT2D eigenvalue weighted by Crippen LogP contribution is -2.40. The first kappa shape index (κ1) is 86.2. The molecule has 16 nitrogen and oxygen atoms in total. The molecule has 3 fully saturated rings. The lowest BCUT2D eigenvalue weighted by Gasteiger charge is -2.30. The fourth-order valence-corrected chi connectivity index (χ4v) is 13.7. The van der Waals surface area contributed by atoms with Crippen LogP contribution in [-0.2, 0) is 19.3 Å². The van der Waals surface area contributed by atoms with Gasteiger partial charge in [-0.3, -0.25) is 14.4 Å². The second-order valence-electron chi connectivity index (χ2n) is 27.2. The molecule has 30 heteroatoms. The predicted octanol–water partition coefficient (Wildman–Crippen LogP) is 19.6. The van der Waals surface area contributed by atoms with Crippen molar-refractivity contribution in [1.82, 2.24) is 26.6 Å². The smallest absolute Gasteiger partial charge is 0.406 e. The standard InChI is InChI=1S/C27H30F6N2O3S.C26H35N3OS.C25H27F6N3O4/c1-2-3-7-24(36)23-16-22(38-27(31,32)33)13-10-18(23)14-17-8-11-19(12-9-17)34-25(39)35-20-5-4-6-21(15-20)37-26(28,29)30;1-4-14-27-25(30)24-17-21(9-8-19(24)3)16-20-10-12-22(13-11-20)28-26(31)29-23-7-5-6-18(2)15-23;1-2-10-32-22(35)20-13-16(7-9-21(20)38-25(29,30)31)11-15-6-8-18(12-15)34-23(36)33-17-4-3-5-19(14-17)37-24(26,27)28/h4-6,10,13,15-17,19H,2-3,7-9,11-12,14H2,1H3,(H2,34,35,39);5-9,15,17,20,22H,4,10-14,16H2,1-3H3,(H,27,30)(H2,28,29,31);3-5,7,9,13-15,18H,2,6,8,10-12H2,1H3,(H,32,35)(H2,33,34,36). The molecule has 3 saturated carbocycles. The Morgan fingerprint density at radius 1 is 0.435 bits per heavy atom. The van der Waals surface area contributed by atoms with Gasteiger partial charge in [-0.05, 0) is 260 Å². The van der Waals surface area contributed by atoms with Crippen LogP contribution in [0.5, 0.6) is 23.0 Å². The second-order valence-corrected chi connectivity index (χ2v) is 28.0. The van der Waals surface area contributed by atoms with Gasteiger partial charge in [0.2, 0.25) is 0 Å². The van der Waals surface area contributed by atoms with Crippen LogP contribution in [0.2, 0.25) is 0 Å². The number of alkyl halides is 12. The van der Waals surface area contributed by atoms with Crippen LogP contribution in [0.4, 0.5) is 74.5 Å². The van der Waals surface area contributed by atoms with Gasteiger partial charge in [0, 0.05) is 78.0 Å². The van der Waals surface area contributed by atoms with Crippen molar-refractivity contribution in [2.24, 2.45) is 17.8 Å². The van der Waals surface area contributed by atoms with Gasteiger partial charge in [-0.25, -0.2) is 4.79 Å². The van der Waals surface area contributed by atoms with Gasteiger partial charge in [-0.2, -0.15) is 0 Å². The molecule has 8 N–H and O–H groups in total. The number of rotatable bonds is 26. The van der Waals surface area contributed by atoms with Crippen LogP contribution < -0.4 is 61.5 Å². The van der Waals surface area contributed by atoms with Gasteiger partial charge < -0.3 is 61.5 Å². The molecule has 3 aliphatic rings. The first-order valence-electron chi connectivity index (χ1n) is 36.0. The van der Waals surface area contributed by atoms with Crippen LogP contribution >= 0.6 is 24.4 Å². The van der Waals surface area contributed by atoms with Crippen LogP contribution in [0, 0.1) is 31.6 Å². The maximum atomic E-state index is 12.8. The number of nitrogens with one attached hydrogen (secondary N) is 8. The Hall–Kier alpha value is -9.06. The van der Waals surface area contributed by atoms with Crippen molar-refractivity contribution in [2.45, 2.75) is 200 Å². The summed E-state index contributed by atoms with van der Waals surface area (Å²) in [5.41, 5.74) is 7.26. The Kier molecular flexibility index (Phi) is 32.7. The summed E-state index contributed by atoms with van der Waals surface area (Å²) in [4.78, 5) is 50.0. The molecule has 0 heterocycles. The van der Waals surface area contributed by atoms with Crippen LogP contribution in [0.25, 0.3) is 0 Å². The van der Waals surface area contributed by atoms with E-state index in [4.69, 9.17) is 24.4 Å². The number of carbonyl (C=O) groups is 4. The topological polar surface area (TPSA) is 201 Å². The number of unbranched alkanes of at least 4 members (excludes halogenated alkanes) is 1. The van der Waals surface area contributed by atoms with Gasteiger partial charge >= 0.3 is 31.5 Å². The maximum Gasteiger partial charge on any atom is 0.573 e. The predicted molar refractivity (Wildman–Crippen MR) is 399 cm³/mol. The second kappa shape index (κ2) is 40.9. The van der Waals surface area contributed by atoms with Crippen LogP contribution in [0.15, 0.2) is 127 Å². The number of halogens is 12. The number of anilines is 3. The number of hydrogen-bond acceptors (Lipinski definition) is 10. The van der Waals surface area contributed by atoms with Gasteiger partial charge in [0.05, 0.1) is 5.56 Å². The molecule has 9 rings (SSSR count). The lowest BCUT2D eigenvalue weighted by molar-refractivity contribution is -0.275. The molecule has 0 aliphatic heterocycles. The average Bonchev–Trinajstić information content (AvgIpc) is 1.16. The van der Waals surface area contributed by atoms with E-state index >= 15 is 0 Å². The molecule has 6 aromatic carbocycles. The third-order valence-electron chi connectivity index (χ3n) is 18.2. The number of urea groups is 1. The van der Waals surface area contributed by atoms with Crippen LogP contribution in [0.3, 0.4) is 0 Å². The Morgan fingerprint density at radius 3 is 1.41 bits per heavy atom. The average molecular weight is 1560 g/mol. The molecule has 0 saturated heterocycles. The van der Waals surface area contributed by atoms with Gasteiger partial charge in [0.15, 0.2) is 16.0 Å². The van der Waals surface area contributed by atoms with Crippen molar-refractivity contribution in [3.63, 3.8) is 0 Å². The third-order valence-corrected chi connectivity index (χ3v) is 18.7. The molecule has 3 aliphatic carbocycles. The largest absolute Gasteiger partial charge is 0.573 e. The first-order valence-corrected chi connectivity index (χ1v) is 36.9. The zero-order chi connectivity index (χ0) is 78.8. The normalized spacial score (nSPS) is 17.9. The third kappa shape index (κ3) is 31.3. The van der Waals surface area contributed by atoms with E-state index in [9.17, 15) is 71.9 Å². The number of thiocarbonyl (C=S) groups is 2. The number of ketones is 1. The summed E-state index contributed by atoms with van der Waals surface area (Å²) in [5, 5.41) is 24.6. The lowest BCUT2D eigenvalue weighted by atomic mass is 9.81. The minimum atomic E-state index is -4.95. The number of carbonyl (C=O) groups excluding carboxylic acids is 4. The molecule has 0 bridgehead atoms. The highest BCUT2D eigenvalue weighted by molar-refractivity contribution is 7.80. The molecule has 0 spiro atoms. The summed E-state index contributed by atoms with van der Waals surface area (Å²) in [6.45, 7) is 10.9. The Labute approximate surface area is 631 Å². The van der Waals surface area contributed by atoms with E-state index < -0.39 is 54.6 Å². The quantitative estimate of drug-likeness (QED) is 0.0145. The number of benzene rings is 6. The Morgan fingerprint density at radius 2 is 0.889 bits per heavy atom. The first-order chi connectivity index (χ1) is 51.1. The zero-order valence-electron chi connectivity index (χ0n) is 60.6. The molecule has 6 aromatic rings. The van der Waals surface area contributed by atoms with Crippen molar-refractivity contribution in [1.29, 1.82) is 0 Å². The summed E-state index contributed by atoms with van der Waals surface area (Å²) in [6, 6.07) is 32.5. The monoisotopic (exact) mass is 1560 g/mol. The maximum absolute atomic E-state index is 12.8. The summed E-state index contributed by atoms with van der Waals surface area (Å²) in [5.74, 6) is -1.66. The highest BCUT2D eigenvalue weighted by atomic mass is 32.1. The number of aryl methyl sites for hydroxylation is 2. The minimum absolute atomic E-state index is 0.0451. The summed E-state index contributed by atoms with van der Waals surface area (Å²) < 4.78 is 167. The molecule has 0 radical (unpaired) electrons. The molecular weight excluding hydrogens is 1470 g/mol. The van der Waals surface area contributed by atoms with Crippen molar-refractivity contribution in [3.05, 3.63) is 172 Å². The number of Topliss-reactive ketones (excluding diaryl/α,β-unsaturated/α-hetero) is 1. The molecule has 108 heavy (non-hydrogen) atoms. The fourth-order valence-electron chi connectivity index (χ4n) is 13.2. The highest BCUT2D eigenvalue weighted by Gasteiger charge is 2.36. The van der Waals surface area contributed by atoms with Crippen molar-refractivity contribution >= 4 is 75.4 Å². The van der Waals surface area contributed by atoms with Crippen LogP contribution in [0.1, 0.15) is 182 Å². The molecule has 0 aromatic heterocycles. The number of ether oxygens (including phenoxy) is 4. The van der Waals surface area contributed by atoms with Crippen molar-refractivity contribution in [2.75, 3.05) is 29.0 Å². The molecule has 4 amide bonds. The van der Waals surface area contributed by atoms with E-state index in [1.165, 1.54) is 78.6 Å². The molecule has 2 atom stereocenters. The summed E-state index contributed by atoms with van der Waals surface area (Å²) in [6.07, 6.45) is -4.47.